The zero-order chi connectivity index (χ0) is 16.7. The highest BCUT2D eigenvalue weighted by molar-refractivity contribution is 5.73. The van der Waals surface area contributed by atoms with Gasteiger partial charge in [-0.2, -0.15) is 0 Å². The number of rotatable bonds is 6. The van der Waals surface area contributed by atoms with E-state index in [2.05, 4.69) is 27.4 Å². The monoisotopic (exact) mass is 321 g/mol. The number of hydrogen-bond acceptors (Lipinski definition) is 5. The second-order valence-electron chi connectivity index (χ2n) is 5.98. The molecule has 128 valence electrons. The van der Waals surface area contributed by atoms with E-state index >= 15 is 0 Å². The van der Waals surface area contributed by atoms with Gasteiger partial charge in [-0.25, -0.2) is 9.78 Å². The van der Waals surface area contributed by atoms with Crippen molar-refractivity contribution >= 4 is 11.8 Å². The summed E-state index contributed by atoms with van der Waals surface area (Å²) in [5.41, 5.74) is 1.03. The van der Waals surface area contributed by atoms with Crippen LogP contribution in [0.2, 0.25) is 0 Å². The zero-order valence-corrected chi connectivity index (χ0v) is 14.2. The molecule has 2 amide bonds. The van der Waals surface area contributed by atoms with Crippen LogP contribution >= 0.6 is 0 Å². The minimum Gasteiger partial charge on any atom is -0.379 e. The van der Waals surface area contributed by atoms with E-state index in [1.54, 1.807) is 6.20 Å². The highest BCUT2D eigenvalue weighted by atomic mass is 16.5. The molecule has 1 saturated heterocycles. The van der Waals surface area contributed by atoms with Crippen molar-refractivity contribution in [2.45, 2.75) is 19.5 Å². The van der Waals surface area contributed by atoms with Gasteiger partial charge in [0.15, 0.2) is 0 Å². The molecule has 1 aromatic rings. The Kier molecular flexibility index (Phi) is 6.61. The topological polar surface area (TPSA) is 69.7 Å². The second kappa shape index (κ2) is 8.69. The normalized spacial score (nSPS) is 16.7. The summed E-state index contributed by atoms with van der Waals surface area (Å²) in [5.74, 6) is 0.880. The Labute approximate surface area is 138 Å². The number of nitrogens with zero attached hydrogens (tertiary/aromatic N) is 3. The maximum atomic E-state index is 11.9. The van der Waals surface area contributed by atoms with E-state index in [4.69, 9.17) is 4.74 Å². The SMILES string of the molecule is C[C@H](CNC(=O)NCc1ccnc(N(C)C)c1)N1CCOCC1. The number of pyridine rings is 1. The molecule has 1 atom stereocenters. The lowest BCUT2D eigenvalue weighted by atomic mass is 10.2. The molecule has 0 aromatic carbocycles. The van der Waals surface area contributed by atoms with Gasteiger partial charge in [0, 0.05) is 52.5 Å². The number of aromatic nitrogens is 1. The fourth-order valence-electron chi connectivity index (χ4n) is 2.45. The summed E-state index contributed by atoms with van der Waals surface area (Å²) in [5, 5.41) is 5.81. The Morgan fingerprint density at radius 3 is 2.83 bits per heavy atom. The molecule has 2 N–H and O–H groups in total. The number of carbonyl (C=O) groups is 1. The summed E-state index contributed by atoms with van der Waals surface area (Å²) in [6, 6.07) is 4.04. The first-order valence-corrected chi connectivity index (χ1v) is 8.02. The van der Waals surface area contributed by atoms with Crippen LogP contribution in [0, 0.1) is 0 Å². The van der Waals surface area contributed by atoms with E-state index in [1.165, 1.54) is 0 Å². The van der Waals surface area contributed by atoms with E-state index in [0.29, 0.717) is 19.1 Å². The molecule has 7 heteroatoms. The molecule has 1 aliphatic heterocycles. The van der Waals surface area contributed by atoms with Gasteiger partial charge in [-0.1, -0.05) is 0 Å². The van der Waals surface area contributed by atoms with Crippen LogP contribution in [0.3, 0.4) is 0 Å². The predicted octanol–water partition coefficient (Wildman–Crippen LogP) is 0.668. The Bertz CT molecular complexity index is 503. The summed E-state index contributed by atoms with van der Waals surface area (Å²) in [6.45, 7) is 6.63. The molecule has 1 aliphatic rings. The Morgan fingerprint density at radius 2 is 2.13 bits per heavy atom. The highest BCUT2D eigenvalue weighted by Crippen LogP contribution is 2.09. The Morgan fingerprint density at radius 1 is 1.39 bits per heavy atom. The number of amides is 2. The molecule has 0 saturated carbocycles. The largest absolute Gasteiger partial charge is 0.379 e. The third kappa shape index (κ3) is 5.69. The number of morpholine rings is 1. The first-order valence-electron chi connectivity index (χ1n) is 8.02. The van der Waals surface area contributed by atoms with Gasteiger partial charge in [-0.05, 0) is 24.6 Å². The van der Waals surface area contributed by atoms with Gasteiger partial charge in [0.05, 0.1) is 13.2 Å². The molecule has 0 spiro atoms. The molecule has 1 fully saturated rings. The third-order valence-corrected chi connectivity index (χ3v) is 3.95. The van der Waals surface area contributed by atoms with E-state index in [0.717, 1.165) is 37.7 Å². The van der Waals surface area contributed by atoms with Crippen molar-refractivity contribution in [1.82, 2.24) is 20.5 Å². The van der Waals surface area contributed by atoms with E-state index in [1.807, 2.05) is 31.1 Å². The highest BCUT2D eigenvalue weighted by Gasteiger charge is 2.17. The molecule has 1 aromatic heterocycles. The van der Waals surface area contributed by atoms with Crippen molar-refractivity contribution in [2.75, 3.05) is 51.8 Å². The van der Waals surface area contributed by atoms with Gasteiger partial charge in [0.2, 0.25) is 0 Å². The minimum atomic E-state index is -0.145. The molecule has 0 aliphatic carbocycles. The van der Waals surface area contributed by atoms with Gasteiger partial charge >= 0.3 is 6.03 Å². The molecule has 0 unspecified atom stereocenters. The summed E-state index contributed by atoms with van der Waals surface area (Å²) in [4.78, 5) is 20.5. The maximum Gasteiger partial charge on any atom is 0.315 e. The van der Waals surface area contributed by atoms with Crippen molar-refractivity contribution in [3.05, 3.63) is 23.9 Å². The number of anilines is 1. The van der Waals surface area contributed by atoms with Crippen LogP contribution in [-0.2, 0) is 11.3 Å². The Balaban J connectivity index is 1.71. The fraction of sp³-hybridized carbons (Fsp3) is 0.625. The maximum absolute atomic E-state index is 11.9. The van der Waals surface area contributed by atoms with Crippen LogP contribution in [0.1, 0.15) is 12.5 Å². The molecule has 2 heterocycles. The summed E-state index contributed by atoms with van der Waals surface area (Å²) >= 11 is 0. The standard InChI is InChI=1S/C16H27N5O2/c1-13(21-6-8-23-9-7-21)11-18-16(22)19-12-14-4-5-17-15(10-14)20(2)3/h4-5,10,13H,6-9,11-12H2,1-3H3,(H2,18,19,22)/t13-/m1/s1. The van der Waals surface area contributed by atoms with Gasteiger partial charge < -0.3 is 20.3 Å². The van der Waals surface area contributed by atoms with Crippen LogP contribution in [0.5, 0.6) is 0 Å². The summed E-state index contributed by atoms with van der Waals surface area (Å²) in [7, 11) is 3.89. The zero-order valence-electron chi connectivity index (χ0n) is 14.2. The number of carbonyl (C=O) groups excluding carboxylic acids is 1. The summed E-state index contributed by atoms with van der Waals surface area (Å²) in [6.07, 6.45) is 1.75. The van der Waals surface area contributed by atoms with Crippen molar-refractivity contribution in [3.8, 4) is 0 Å². The van der Waals surface area contributed by atoms with Crippen LogP contribution in [-0.4, -0.2) is 68.9 Å². The van der Waals surface area contributed by atoms with E-state index in [-0.39, 0.29) is 6.03 Å². The molecular weight excluding hydrogens is 294 g/mol. The number of urea groups is 1. The lowest BCUT2D eigenvalue weighted by Crippen LogP contribution is -2.48. The molecule has 23 heavy (non-hydrogen) atoms. The molecule has 0 bridgehead atoms. The van der Waals surface area contributed by atoms with Gasteiger partial charge in [-0.3, -0.25) is 4.90 Å². The predicted molar refractivity (Wildman–Crippen MR) is 90.7 cm³/mol. The first-order chi connectivity index (χ1) is 11.1. The van der Waals surface area contributed by atoms with Crippen LogP contribution in [0.25, 0.3) is 0 Å². The van der Waals surface area contributed by atoms with E-state index in [9.17, 15) is 4.79 Å². The van der Waals surface area contributed by atoms with Crippen LogP contribution < -0.4 is 15.5 Å². The average Bonchev–Trinajstić information content (AvgIpc) is 2.58. The van der Waals surface area contributed by atoms with Crippen molar-refractivity contribution in [1.29, 1.82) is 0 Å². The number of ether oxygens (including phenoxy) is 1. The second-order valence-corrected chi connectivity index (χ2v) is 5.98. The van der Waals surface area contributed by atoms with E-state index < -0.39 is 0 Å². The Hall–Kier alpha value is -1.86. The average molecular weight is 321 g/mol. The third-order valence-electron chi connectivity index (χ3n) is 3.95. The molecular formula is C16H27N5O2. The fourth-order valence-corrected chi connectivity index (χ4v) is 2.45. The quantitative estimate of drug-likeness (QED) is 0.806. The molecule has 2 rings (SSSR count). The first kappa shape index (κ1) is 17.5. The minimum absolute atomic E-state index is 0.145. The van der Waals surface area contributed by atoms with Crippen LogP contribution in [0.4, 0.5) is 10.6 Å². The number of hydrogen-bond donors (Lipinski definition) is 2. The summed E-state index contributed by atoms with van der Waals surface area (Å²) < 4.78 is 5.34. The number of nitrogens with one attached hydrogen (secondary N) is 2. The lowest BCUT2D eigenvalue weighted by Gasteiger charge is -2.32. The van der Waals surface area contributed by atoms with Gasteiger partial charge in [-0.15, -0.1) is 0 Å². The van der Waals surface area contributed by atoms with Crippen molar-refractivity contribution in [2.24, 2.45) is 0 Å². The molecule has 7 nitrogen and oxygen atoms in total. The van der Waals surface area contributed by atoms with Crippen molar-refractivity contribution in [3.63, 3.8) is 0 Å². The molecule has 0 radical (unpaired) electrons. The van der Waals surface area contributed by atoms with Gasteiger partial charge in [0.1, 0.15) is 5.82 Å². The van der Waals surface area contributed by atoms with Crippen LogP contribution in [0.15, 0.2) is 18.3 Å². The van der Waals surface area contributed by atoms with Crippen molar-refractivity contribution < 1.29 is 9.53 Å². The lowest BCUT2D eigenvalue weighted by molar-refractivity contribution is 0.0209. The smallest absolute Gasteiger partial charge is 0.315 e. The van der Waals surface area contributed by atoms with Gasteiger partial charge in [0.25, 0.3) is 0 Å².